The number of aromatic nitrogens is 2. The summed E-state index contributed by atoms with van der Waals surface area (Å²) in [5, 5.41) is 0.691. The summed E-state index contributed by atoms with van der Waals surface area (Å²) >= 11 is 6.37. The summed E-state index contributed by atoms with van der Waals surface area (Å²) in [5.41, 5.74) is 2.39. The largest absolute Gasteiger partial charge is 0.341 e. The summed E-state index contributed by atoms with van der Waals surface area (Å²) in [7, 11) is 0. The molecule has 0 aliphatic heterocycles. The second-order valence-electron chi connectivity index (χ2n) is 5.84. The fraction of sp³-hybridized carbons (Fsp3) is 0.733. The molecular formula is C15H22ClN3. The van der Waals surface area contributed by atoms with Crippen LogP contribution in [0.25, 0.3) is 0 Å². The average molecular weight is 280 g/mol. The third kappa shape index (κ3) is 3.02. The highest BCUT2D eigenvalue weighted by molar-refractivity contribution is 6.30. The molecule has 19 heavy (non-hydrogen) atoms. The topological polar surface area (TPSA) is 29.0 Å². The first-order valence-electron chi connectivity index (χ1n) is 7.58. The van der Waals surface area contributed by atoms with Gasteiger partial charge in [-0.3, -0.25) is 0 Å². The van der Waals surface area contributed by atoms with E-state index in [0.717, 1.165) is 44.2 Å². The molecule has 2 aliphatic rings. The molecule has 0 saturated heterocycles. The zero-order valence-electron chi connectivity index (χ0n) is 11.7. The number of aryl methyl sites for hydroxylation is 1. The SMILES string of the molecule is CCCN(CC1CC1)c1nc(Cl)c2c(n1)CCCC2. The Morgan fingerprint density at radius 2 is 2.00 bits per heavy atom. The maximum atomic E-state index is 6.37. The second kappa shape index (κ2) is 5.66. The molecule has 1 fully saturated rings. The highest BCUT2D eigenvalue weighted by Gasteiger charge is 2.26. The minimum Gasteiger partial charge on any atom is -0.341 e. The molecule has 0 unspecified atom stereocenters. The van der Waals surface area contributed by atoms with Crippen molar-refractivity contribution >= 4 is 17.5 Å². The van der Waals surface area contributed by atoms with E-state index in [1.165, 1.54) is 36.9 Å². The number of fused-ring (bicyclic) bond motifs is 1. The van der Waals surface area contributed by atoms with Gasteiger partial charge >= 0.3 is 0 Å². The van der Waals surface area contributed by atoms with E-state index in [2.05, 4.69) is 16.8 Å². The van der Waals surface area contributed by atoms with E-state index < -0.39 is 0 Å². The van der Waals surface area contributed by atoms with E-state index in [9.17, 15) is 0 Å². The summed E-state index contributed by atoms with van der Waals surface area (Å²) < 4.78 is 0. The van der Waals surface area contributed by atoms with Gasteiger partial charge in [0.15, 0.2) is 0 Å². The first-order chi connectivity index (χ1) is 9.28. The first-order valence-corrected chi connectivity index (χ1v) is 7.96. The smallest absolute Gasteiger partial charge is 0.227 e. The molecule has 104 valence electrons. The fourth-order valence-corrected chi connectivity index (χ4v) is 3.11. The quantitative estimate of drug-likeness (QED) is 0.771. The van der Waals surface area contributed by atoms with Gasteiger partial charge in [0, 0.05) is 18.7 Å². The number of rotatable bonds is 5. The van der Waals surface area contributed by atoms with E-state index in [4.69, 9.17) is 16.6 Å². The van der Waals surface area contributed by atoms with E-state index in [0.29, 0.717) is 5.15 Å². The van der Waals surface area contributed by atoms with Gasteiger partial charge in [-0.15, -0.1) is 0 Å². The predicted octanol–water partition coefficient (Wildman–Crippen LogP) is 3.64. The normalized spacial score (nSPS) is 18.2. The third-order valence-electron chi connectivity index (χ3n) is 4.07. The van der Waals surface area contributed by atoms with Gasteiger partial charge in [-0.1, -0.05) is 18.5 Å². The van der Waals surface area contributed by atoms with Gasteiger partial charge in [-0.25, -0.2) is 9.97 Å². The highest BCUT2D eigenvalue weighted by Crippen LogP contribution is 2.32. The van der Waals surface area contributed by atoms with Crippen LogP contribution in [0.2, 0.25) is 5.15 Å². The van der Waals surface area contributed by atoms with E-state index in [-0.39, 0.29) is 0 Å². The molecule has 0 amide bonds. The standard InChI is InChI=1S/C15H22ClN3/c1-2-9-19(10-11-7-8-11)15-17-13-6-4-3-5-12(13)14(16)18-15/h11H,2-10H2,1H3. The van der Waals surface area contributed by atoms with Gasteiger partial charge < -0.3 is 4.90 Å². The molecule has 4 heteroatoms. The van der Waals surface area contributed by atoms with Crippen LogP contribution in [0.3, 0.4) is 0 Å². The monoisotopic (exact) mass is 279 g/mol. The van der Waals surface area contributed by atoms with Gasteiger partial charge in [0.25, 0.3) is 0 Å². The summed E-state index contributed by atoms with van der Waals surface area (Å²) in [6.07, 6.45) is 8.41. The molecule has 1 saturated carbocycles. The Hall–Kier alpha value is -0.830. The Labute approximate surface area is 120 Å². The fourth-order valence-electron chi connectivity index (χ4n) is 2.83. The van der Waals surface area contributed by atoms with Crippen molar-refractivity contribution in [1.29, 1.82) is 0 Å². The second-order valence-corrected chi connectivity index (χ2v) is 6.19. The third-order valence-corrected chi connectivity index (χ3v) is 4.39. The van der Waals surface area contributed by atoms with Crippen LogP contribution in [0.1, 0.15) is 50.3 Å². The van der Waals surface area contributed by atoms with Gasteiger partial charge in [0.05, 0.1) is 5.69 Å². The van der Waals surface area contributed by atoms with E-state index in [1.54, 1.807) is 0 Å². The number of halogens is 1. The summed E-state index contributed by atoms with van der Waals surface area (Å²) in [5.74, 6) is 1.71. The van der Waals surface area contributed by atoms with Crippen LogP contribution in [0.5, 0.6) is 0 Å². The molecule has 0 radical (unpaired) electrons. The van der Waals surface area contributed by atoms with Crippen molar-refractivity contribution in [2.24, 2.45) is 5.92 Å². The summed E-state index contributed by atoms with van der Waals surface area (Å²) in [6, 6.07) is 0. The Morgan fingerprint density at radius 1 is 1.21 bits per heavy atom. The lowest BCUT2D eigenvalue weighted by molar-refractivity contribution is 0.645. The van der Waals surface area contributed by atoms with Crippen molar-refractivity contribution in [3.05, 3.63) is 16.4 Å². The van der Waals surface area contributed by atoms with Gasteiger partial charge in [-0.2, -0.15) is 0 Å². The lowest BCUT2D eigenvalue weighted by Gasteiger charge is -2.24. The van der Waals surface area contributed by atoms with E-state index >= 15 is 0 Å². The van der Waals surface area contributed by atoms with Crippen molar-refractivity contribution in [2.45, 2.75) is 51.9 Å². The summed E-state index contributed by atoms with van der Waals surface area (Å²) in [6.45, 7) is 4.34. The molecule has 0 N–H and O–H groups in total. The molecule has 0 spiro atoms. The van der Waals surface area contributed by atoms with Crippen LogP contribution in [0.15, 0.2) is 0 Å². The number of nitrogens with zero attached hydrogens (tertiary/aromatic N) is 3. The van der Waals surface area contributed by atoms with Crippen molar-refractivity contribution in [3.63, 3.8) is 0 Å². The van der Waals surface area contributed by atoms with Crippen molar-refractivity contribution in [1.82, 2.24) is 9.97 Å². The van der Waals surface area contributed by atoms with Gasteiger partial charge in [-0.05, 0) is 50.9 Å². The van der Waals surface area contributed by atoms with Crippen molar-refractivity contribution in [3.8, 4) is 0 Å². The Morgan fingerprint density at radius 3 is 2.74 bits per heavy atom. The number of hydrogen-bond donors (Lipinski definition) is 0. The van der Waals surface area contributed by atoms with Crippen molar-refractivity contribution < 1.29 is 0 Å². The highest BCUT2D eigenvalue weighted by atomic mass is 35.5. The summed E-state index contributed by atoms with van der Waals surface area (Å²) in [4.78, 5) is 11.7. The van der Waals surface area contributed by atoms with Crippen LogP contribution in [-0.2, 0) is 12.8 Å². The van der Waals surface area contributed by atoms with Crippen LogP contribution < -0.4 is 4.90 Å². The zero-order valence-corrected chi connectivity index (χ0v) is 12.4. The van der Waals surface area contributed by atoms with Gasteiger partial charge in [0.1, 0.15) is 5.15 Å². The Bertz CT molecular complexity index is 457. The van der Waals surface area contributed by atoms with Crippen LogP contribution in [0, 0.1) is 5.92 Å². The predicted molar refractivity (Wildman–Crippen MR) is 78.9 cm³/mol. The minimum atomic E-state index is 0.691. The maximum Gasteiger partial charge on any atom is 0.227 e. The molecular weight excluding hydrogens is 258 g/mol. The average Bonchev–Trinajstić information content (AvgIpc) is 3.22. The minimum absolute atomic E-state index is 0.691. The molecule has 0 atom stereocenters. The molecule has 3 rings (SSSR count). The number of hydrogen-bond acceptors (Lipinski definition) is 3. The molecule has 1 heterocycles. The van der Waals surface area contributed by atoms with Crippen LogP contribution >= 0.6 is 11.6 Å². The van der Waals surface area contributed by atoms with E-state index in [1.807, 2.05) is 0 Å². The zero-order chi connectivity index (χ0) is 13.2. The van der Waals surface area contributed by atoms with Crippen molar-refractivity contribution in [2.75, 3.05) is 18.0 Å². The van der Waals surface area contributed by atoms with Crippen LogP contribution in [-0.4, -0.2) is 23.1 Å². The molecule has 1 aromatic heterocycles. The lowest BCUT2D eigenvalue weighted by atomic mass is 9.97. The Balaban J connectivity index is 1.86. The molecule has 1 aromatic rings. The lowest BCUT2D eigenvalue weighted by Crippen LogP contribution is -2.29. The molecule has 2 aliphatic carbocycles. The molecule has 3 nitrogen and oxygen atoms in total. The van der Waals surface area contributed by atoms with Crippen LogP contribution in [0.4, 0.5) is 5.95 Å². The molecule has 0 aromatic carbocycles. The van der Waals surface area contributed by atoms with Gasteiger partial charge in [0.2, 0.25) is 5.95 Å². The Kier molecular flexibility index (Phi) is 3.92. The maximum absolute atomic E-state index is 6.37. The molecule has 0 bridgehead atoms. The first kappa shape index (κ1) is 13.2. The number of anilines is 1.